The van der Waals surface area contributed by atoms with Crippen LogP contribution in [0.15, 0.2) is 24.8 Å². The molecule has 32 heavy (non-hydrogen) atoms. The number of rotatable bonds is 5. The predicted molar refractivity (Wildman–Crippen MR) is 120 cm³/mol. The van der Waals surface area contributed by atoms with Crippen molar-refractivity contribution in [3.8, 4) is 0 Å². The second kappa shape index (κ2) is 11.5. The van der Waals surface area contributed by atoms with Crippen LogP contribution in [0.3, 0.4) is 0 Å². The SMILES string of the molecule is CCC[C@@H]1CC[C@@H]2[C@H](CC[C@]3(C)C(n4ccnc4)=CC[C@@H]23)[C@@]1(C)CCC.O=C=O.O=C=O. The molecular formula is C26H38N2O4. The van der Waals surface area contributed by atoms with Gasteiger partial charge < -0.3 is 4.57 Å². The zero-order valence-electron chi connectivity index (χ0n) is 20.0. The Hall–Kier alpha value is -2.29. The molecule has 1 aromatic rings. The van der Waals surface area contributed by atoms with Gasteiger partial charge >= 0.3 is 12.3 Å². The first kappa shape index (κ1) is 26.0. The Morgan fingerprint density at radius 2 is 1.72 bits per heavy atom. The monoisotopic (exact) mass is 442 g/mol. The Morgan fingerprint density at radius 1 is 1.03 bits per heavy atom. The van der Waals surface area contributed by atoms with Gasteiger partial charge in [-0.15, -0.1) is 0 Å². The highest BCUT2D eigenvalue weighted by molar-refractivity contribution is 5.56. The number of imidazole rings is 1. The largest absolute Gasteiger partial charge is 0.373 e. The molecule has 6 nitrogen and oxygen atoms in total. The minimum absolute atomic E-state index is 0.250. The van der Waals surface area contributed by atoms with Crippen molar-refractivity contribution in [3.63, 3.8) is 0 Å². The van der Waals surface area contributed by atoms with Crippen LogP contribution >= 0.6 is 0 Å². The lowest BCUT2D eigenvalue weighted by Gasteiger charge is -2.59. The maximum absolute atomic E-state index is 8.12. The molecular weight excluding hydrogens is 404 g/mol. The van der Waals surface area contributed by atoms with Crippen LogP contribution in [0.25, 0.3) is 5.70 Å². The molecule has 0 N–H and O–H groups in total. The number of hydrogen-bond acceptors (Lipinski definition) is 5. The summed E-state index contributed by atoms with van der Waals surface area (Å²) >= 11 is 0. The predicted octanol–water partition coefficient (Wildman–Crippen LogP) is 5.63. The summed E-state index contributed by atoms with van der Waals surface area (Å²) in [6.07, 6.45) is 21.7. The van der Waals surface area contributed by atoms with Gasteiger partial charge in [-0.2, -0.15) is 19.2 Å². The smallest absolute Gasteiger partial charge is 0.310 e. The molecule has 3 aliphatic rings. The Morgan fingerprint density at radius 3 is 2.28 bits per heavy atom. The Bertz CT molecular complexity index is 809. The molecule has 176 valence electrons. The van der Waals surface area contributed by atoms with Crippen LogP contribution in [0.1, 0.15) is 85.5 Å². The number of aromatic nitrogens is 2. The van der Waals surface area contributed by atoms with Crippen LogP contribution in [-0.2, 0) is 19.2 Å². The van der Waals surface area contributed by atoms with Crippen molar-refractivity contribution in [2.45, 2.75) is 85.5 Å². The van der Waals surface area contributed by atoms with Crippen molar-refractivity contribution in [3.05, 3.63) is 24.8 Å². The average Bonchev–Trinajstić information content (AvgIpc) is 3.39. The van der Waals surface area contributed by atoms with E-state index in [1.807, 2.05) is 12.5 Å². The van der Waals surface area contributed by atoms with Gasteiger partial charge in [0.05, 0.1) is 6.33 Å². The van der Waals surface area contributed by atoms with Crippen LogP contribution in [0.5, 0.6) is 0 Å². The van der Waals surface area contributed by atoms with Crippen LogP contribution in [-0.4, -0.2) is 21.9 Å². The van der Waals surface area contributed by atoms with E-state index in [1.54, 1.807) is 0 Å². The van der Waals surface area contributed by atoms with E-state index >= 15 is 0 Å². The maximum Gasteiger partial charge on any atom is 0.373 e. The van der Waals surface area contributed by atoms with Gasteiger partial charge in [0.15, 0.2) is 0 Å². The quantitative estimate of drug-likeness (QED) is 0.590. The molecule has 2 fully saturated rings. The van der Waals surface area contributed by atoms with Crippen LogP contribution in [0.2, 0.25) is 0 Å². The molecule has 6 heteroatoms. The molecule has 1 aromatic heterocycles. The summed E-state index contributed by atoms with van der Waals surface area (Å²) in [7, 11) is 0. The van der Waals surface area contributed by atoms with Gasteiger partial charge in [0.1, 0.15) is 0 Å². The third-order valence-electron chi connectivity index (χ3n) is 8.81. The molecule has 0 aliphatic heterocycles. The number of hydrogen-bond donors (Lipinski definition) is 0. The van der Waals surface area contributed by atoms with Crippen LogP contribution in [0.4, 0.5) is 0 Å². The summed E-state index contributed by atoms with van der Waals surface area (Å²) in [4.78, 5) is 36.8. The summed E-state index contributed by atoms with van der Waals surface area (Å²) in [6.45, 7) is 10.0. The van der Waals surface area contributed by atoms with Gasteiger partial charge in [0.2, 0.25) is 0 Å². The summed E-state index contributed by atoms with van der Waals surface area (Å²) < 4.78 is 2.30. The number of carbonyl (C=O) groups excluding carboxylic acids is 4. The van der Waals surface area contributed by atoms with Crippen LogP contribution < -0.4 is 0 Å². The minimum atomic E-state index is 0.250. The van der Waals surface area contributed by atoms with E-state index in [4.69, 9.17) is 19.2 Å². The zero-order valence-corrected chi connectivity index (χ0v) is 20.0. The summed E-state index contributed by atoms with van der Waals surface area (Å²) in [5.74, 6) is 3.68. The second-order valence-electron chi connectivity index (χ2n) is 10.1. The van der Waals surface area contributed by atoms with Gasteiger partial charge in [-0.05, 0) is 67.6 Å². The van der Waals surface area contributed by atoms with Gasteiger partial charge in [0, 0.05) is 23.5 Å². The zero-order chi connectivity index (χ0) is 23.8. The van der Waals surface area contributed by atoms with E-state index in [0.29, 0.717) is 10.8 Å². The van der Waals surface area contributed by atoms with Gasteiger partial charge in [-0.3, -0.25) is 0 Å². The molecule has 0 radical (unpaired) electrons. The third-order valence-corrected chi connectivity index (χ3v) is 8.81. The van der Waals surface area contributed by atoms with E-state index in [1.165, 1.54) is 63.5 Å². The fourth-order valence-electron chi connectivity index (χ4n) is 7.63. The normalized spacial score (nSPS) is 34.8. The van der Waals surface area contributed by atoms with Gasteiger partial charge in [-0.1, -0.05) is 53.0 Å². The van der Waals surface area contributed by atoms with Crippen molar-refractivity contribution in [2.75, 3.05) is 0 Å². The maximum atomic E-state index is 8.12. The first-order valence-corrected chi connectivity index (χ1v) is 12.0. The molecule has 1 heterocycles. The number of allylic oxidation sites excluding steroid dienone is 2. The van der Waals surface area contributed by atoms with Crippen molar-refractivity contribution < 1.29 is 19.2 Å². The highest BCUT2D eigenvalue weighted by atomic mass is 16.2. The molecule has 3 aliphatic carbocycles. The second-order valence-corrected chi connectivity index (χ2v) is 10.1. The molecule has 0 unspecified atom stereocenters. The lowest BCUT2D eigenvalue weighted by Crippen LogP contribution is -2.51. The fourth-order valence-corrected chi connectivity index (χ4v) is 7.63. The minimum Gasteiger partial charge on any atom is -0.310 e. The van der Waals surface area contributed by atoms with Crippen molar-refractivity contribution >= 4 is 18.0 Å². The lowest BCUT2D eigenvalue weighted by molar-refractivity contribution is -0.193. The molecule has 4 rings (SSSR count). The Labute approximate surface area is 191 Å². The molecule has 2 saturated carbocycles. The summed E-state index contributed by atoms with van der Waals surface area (Å²) in [6, 6.07) is 0. The van der Waals surface area contributed by atoms with Crippen molar-refractivity contribution in [1.82, 2.24) is 9.55 Å². The summed E-state index contributed by atoms with van der Waals surface area (Å²) in [5, 5.41) is 0. The third kappa shape index (κ3) is 4.87. The standard InChI is InChI=1S/C24H38N2.2CO2/c1-5-7-18-8-9-19-20-10-11-22(26-16-15-25-17-26)24(20,4)14-12-21(19)23(18,3)13-6-2;2*2-1-3/h11,15-21H,5-10,12-14H2,1-4H3;;/t18-,19+,20+,21+,23+,24+;;/m1../s1. The molecule has 0 spiro atoms. The molecule has 0 bridgehead atoms. The molecule has 6 atom stereocenters. The first-order chi connectivity index (χ1) is 15.4. The summed E-state index contributed by atoms with van der Waals surface area (Å²) in [5.41, 5.74) is 2.46. The van der Waals surface area contributed by atoms with E-state index in [9.17, 15) is 0 Å². The van der Waals surface area contributed by atoms with Crippen molar-refractivity contribution in [1.29, 1.82) is 0 Å². The topological polar surface area (TPSA) is 86.1 Å². The first-order valence-electron chi connectivity index (χ1n) is 12.0. The Kier molecular flexibility index (Phi) is 9.36. The molecule has 0 amide bonds. The van der Waals surface area contributed by atoms with E-state index in [2.05, 4.69) is 49.5 Å². The fraction of sp³-hybridized carbons (Fsp3) is 0.731. The van der Waals surface area contributed by atoms with E-state index in [0.717, 1.165) is 23.7 Å². The average molecular weight is 443 g/mol. The number of fused-ring (bicyclic) bond motifs is 3. The van der Waals surface area contributed by atoms with E-state index in [-0.39, 0.29) is 12.3 Å². The Balaban J connectivity index is 0.000000547. The molecule has 0 saturated heterocycles. The van der Waals surface area contributed by atoms with Gasteiger partial charge in [-0.25, -0.2) is 4.98 Å². The highest BCUT2D eigenvalue weighted by Gasteiger charge is 2.57. The van der Waals surface area contributed by atoms with E-state index < -0.39 is 0 Å². The van der Waals surface area contributed by atoms with Crippen molar-refractivity contribution in [2.24, 2.45) is 34.5 Å². The molecule has 0 aromatic carbocycles. The van der Waals surface area contributed by atoms with Crippen LogP contribution in [0, 0.1) is 34.5 Å². The lowest BCUT2D eigenvalue weighted by atomic mass is 9.46. The van der Waals surface area contributed by atoms with Gasteiger partial charge in [0.25, 0.3) is 0 Å². The highest BCUT2D eigenvalue weighted by Crippen LogP contribution is 2.66. The number of nitrogens with zero attached hydrogens (tertiary/aromatic N) is 2.